The number of carboxylic acid groups (broad SMARTS) is 1. The van der Waals surface area contributed by atoms with Crippen LogP contribution in [0.1, 0.15) is 30.8 Å². The zero-order chi connectivity index (χ0) is 14.9. The average Bonchev–Trinajstić information content (AvgIpc) is 2.71. The standard InChI is InChI=1S/C14H14BrNO4/c1-14(2,7-11(17)18)16-13(19)10-6-8-4-3-5-9(15)12(8)20-10/h3-6H,7H2,1-2H3,(H,16,19)(H,17,18). The van der Waals surface area contributed by atoms with Crippen molar-refractivity contribution in [2.24, 2.45) is 0 Å². The maximum atomic E-state index is 12.1. The van der Waals surface area contributed by atoms with E-state index in [1.54, 1.807) is 19.9 Å². The summed E-state index contributed by atoms with van der Waals surface area (Å²) in [7, 11) is 0. The fourth-order valence-corrected chi connectivity index (χ4v) is 2.39. The Morgan fingerprint density at radius 3 is 2.70 bits per heavy atom. The zero-order valence-corrected chi connectivity index (χ0v) is 12.7. The van der Waals surface area contributed by atoms with Crippen LogP contribution in [0.3, 0.4) is 0 Å². The number of carboxylic acids is 1. The normalized spacial score (nSPS) is 11.6. The topological polar surface area (TPSA) is 79.5 Å². The van der Waals surface area contributed by atoms with E-state index >= 15 is 0 Å². The van der Waals surface area contributed by atoms with E-state index in [0.29, 0.717) is 5.58 Å². The molecule has 0 atom stereocenters. The number of aliphatic carboxylic acids is 1. The predicted molar refractivity (Wildman–Crippen MR) is 77.7 cm³/mol. The van der Waals surface area contributed by atoms with Crippen molar-refractivity contribution in [3.63, 3.8) is 0 Å². The van der Waals surface area contributed by atoms with Crippen LogP contribution in [0, 0.1) is 0 Å². The van der Waals surface area contributed by atoms with E-state index in [1.165, 1.54) is 0 Å². The van der Waals surface area contributed by atoms with Gasteiger partial charge in [-0.1, -0.05) is 12.1 Å². The molecule has 0 aliphatic carbocycles. The molecular weight excluding hydrogens is 326 g/mol. The van der Waals surface area contributed by atoms with Crippen LogP contribution in [0.25, 0.3) is 11.0 Å². The van der Waals surface area contributed by atoms with Gasteiger partial charge in [0.25, 0.3) is 5.91 Å². The van der Waals surface area contributed by atoms with E-state index in [4.69, 9.17) is 9.52 Å². The molecule has 0 fully saturated rings. The third kappa shape index (κ3) is 3.19. The highest BCUT2D eigenvalue weighted by atomic mass is 79.9. The highest BCUT2D eigenvalue weighted by molar-refractivity contribution is 9.10. The molecule has 0 unspecified atom stereocenters. The highest BCUT2D eigenvalue weighted by Gasteiger charge is 2.26. The molecule has 20 heavy (non-hydrogen) atoms. The molecule has 2 rings (SSSR count). The molecule has 1 heterocycles. The number of hydrogen-bond donors (Lipinski definition) is 2. The summed E-state index contributed by atoms with van der Waals surface area (Å²) in [5.41, 5.74) is -0.257. The lowest BCUT2D eigenvalue weighted by Gasteiger charge is -2.23. The van der Waals surface area contributed by atoms with E-state index in [-0.39, 0.29) is 12.2 Å². The van der Waals surface area contributed by atoms with Gasteiger partial charge in [-0.25, -0.2) is 0 Å². The molecule has 0 spiro atoms. The van der Waals surface area contributed by atoms with Gasteiger partial charge in [0, 0.05) is 10.9 Å². The molecule has 5 nitrogen and oxygen atoms in total. The summed E-state index contributed by atoms with van der Waals surface area (Å²) in [6, 6.07) is 7.13. The summed E-state index contributed by atoms with van der Waals surface area (Å²) in [4.78, 5) is 22.8. The molecule has 0 aliphatic heterocycles. The van der Waals surface area contributed by atoms with Crippen molar-refractivity contribution >= 4 is 38.8 Å². The minimum Gasteiger partial charge on any atom is -0.481 e. The van der Waals surface area contributed by atoms with E-state index in [2.05, 4.69) is 21.2 Å². The maximum Gasteiger partial charge on any atom is 0.305 e. The first-order chi connectivity index (χ1) is 9.28. The summed E-state index contributed by atoms with van der Waals surface area (Å²) in [6.07, 6.45) is -0.164. The van der Waals surface area contributed by atoms with Gasteiger partial charge < -0.3 is 14.8 Å². The minimum atomic E-state index is -0.970. The summed E-state index contributed by atoms with van der Waals surface area (Å²) in [5.74, 6) is -1.24. The lowest BCUT2D eigenvalue weighted by Crippen LogP contribution is -2.44. The van der Waals surface area contributed by atoms with Crippen molar-refractivity contribution in [2.45, 2.75) is 25.8 Å². The number of amides is 1. The Morgan fingerprint density at radius 1 is 1.40 bits per heavy atom. The van der Waals surface area contributed by atoms with Crippen molar-refractivity contribution in [3.05, 3.63) is 34.5 Å². The molecule has 1 aromatic carbocycles. The largest absolute Gasteiger partial charge is 0.481 e. The van der Waals surface area contributed by atoms with Crippen LogP contribution in [0.15, 0.2) is 33.2 Å². The van der Waals surface area contributed by atoms with Crippen molar-refractivity contribution in [3.8, 4) is 0 Å². The van der Waals surface area contributed by atoms with Crippen LogP contribution in [-0.2, 0) is 4.79 Å². The first kappa shape index (κ1) is 14.6. The molecule has 2 aromatic rings. The van der Waals surface area contributed by atoms with Crippen molar-refractivity contribution < 1.29 is 19.1 Å². The first-order valence-corrected chi connectivity index (χ1v) is 6.80. The van der Waals surface area contributed by atoms with Crippen molar-refractivity contribution in [2.75, 3.05) is 0 Å². The number of benzene rings is 1. The van der Waals surface area contributed by atoms with Crippen LogP contribution in [0.5, 0.6) is 0 Å². The predicted octanol–water partition coefficient (Wildman–Crippen LogP) is 3.18. The third-order valence-corrected chi connectivity index (χ3v) is 3.39. The summed E-state index contributed by atoms with van der Waals surface area (Å²) < 4.78 is 6.27. The molecule has 1 aromatic heterocycles. The van der Waals surface area contributed by atoms with Gasteiger partial charge in [0.1, 0.15) is 5.58 Å². The van der Waals surface area contributed by atoms with Crippen LogP contribution in [0.4, 0.5) is 0 Å². The van der Waals surface area contributed by atoms with Gasteiger partial charge in [-0.3, -0.25) is 9.59 Å². The summed E-state index contributed by atoms with van der Waals surface area (Å²) in [5, 5.41) is 12.3. The van der Waals surface area contributed by atoms with E-state index in [1.807, 2.05) is 18.2 Å². The number of fused-ring (bicyclic) bond motifs is 1. The van der Waals surface area contributed by atoms with E-state index < -0.39 is 17.4 Å². The first-order valence-electron chi connectivity index (χ1n) is 6.01. The number of para-hydroxylation sites is 1. The van der Waals surface area contributed by atoms with E-state index in [9.17, 15) is 9.59 Å². The maximum absolute atomic E-state index is 12.1. The third-order valence-electron chi connectivity index (χ3n) is 2.76. The zero-order valence-electron chi connectivity index (χ0n) is 11.1. The average molecular weight is 340 g/mol. The molecule has 0 saturated heterocycles. The quantitative estimate of drug-likeness (QED) is 0.896. The van der Waals surface area contributed by atoms with Crippen molar-refractivity contribution in [1.29, 1.82) is 0 Å². The Labute approximate surface area is 124 Å². The lowest BCUT2D eigenvalue weighted by molar-refractivity contribution is -0.138. The second-order valence-corrected chi connectivity index (χ2v) is 6.03. The molecule has 0 saturated carbocycles. The second kappa shape index (κ2) is 5.28. The van der Waals surface area contributed by atoms with Crippen LogP contribution >= 0.6 is 15.9 Å². The lowest BCUT2D eigenvalue weighted by atomic mass is 10.0. The van der Waals surface area contributed by atoms with Gasteiger partial charge in [-0.2, -0.15) is 0 Å². The molecule has 1 amide bonds. The monoisotopic (exact) mass is 339 g/mol. The fourth-order valence-electron chi connectivity index (χ4n) is 1.93. The minimum absolute atomic E-state index is 0.158. The van der Waals surface area contributed by atoms with Gasteiger partial charge in [0.15, 0.2) is 5.76 Å². The van der Waals surface area contributed by atoms with Crippen LogP contribution in [0.2, 0.25) is 0 Å². The van der Waals surface area contributed by atoms with Gasteiger partial charge in [0.05, 0.1) is 10.9 Å². The molecule has 0 bridgehead atoms. The van der Waals surface area contributed by atoms with E-state index in [0.717, 1.165) is 9.86 Å². The molecule has 0 radical (unpaired) electrons. The number of furan rings is 1. The Bertz CT molecular complexity index is 675. The number of carbonyl (C=O) groups excluding carboxylic acids is 1. The SMILES string of the molecule is CC(C)(CC(=O)O)NC(=O)c1cc2cccc(Br)c2o1. The van der Waals surface area contributed by atoms with Crippen molar-refractivity contribution in [1.82, 2.24) is 5.32 Å². The van der Waals surface area contributed by atoms with Gasteiger partial charge >= 0.3 is 5.97 Å². The molecule has 6 heteroatoms. The molecule has 2 N–H and O–H groups in total. The van der Waals surface area contributed by atoms with Crippen LogP contribution in [-0.4, -0.2) is 22.5 Å². The Kier molecular flexibility index (Phi) is 3.85. The van der Waals surface area contributed by atoms with Gasteiger partial charge in [-0.05, 0) is 41.9 Å². The Hall–Kier alpha value is -1.82. The Morgan fingerprint density at radius 2 is 2.10 bits per heavy atom. The number of rotatable bonds is 4. The second-order valence-electron chi connectivity index (χ2n) is 5.18. The number of carbonyl (C=O) groups is 2. The molecule has 0 aliphatic rings. The fraction of sp³-hybridized carbons (Fsp3) is 0.286. The number of nitrogens with one attached hydrogen (secondary N) is 1. The number of hydrogen-bond acceptors (Lipinski definition) is 3. The Balaban J connectivity index is 2.23. The van der Waals surface area contributed by atoms with Crippen LogP contribution < -0.4 is 5.32 Å². The molecular formula is C14H14BrNO4. The summed E-state index contributed by atoms with van der Waals surface area (Å²) >= 11 is 3.35. The van der Waals surface area contributed by atoms with Gasteiger partial charge in [-0.15, -0.1) is 0 Å². The molecule has 106 valence electrons. The number of halogens is 1. The van der Waals surface area contributed by atoms with Gasteiger partial charge in [0.2, 0.25) is 0 Å². The summed E-state index contributed by atoms with van der Waals surface area (Å²) in [6.45, 7) is 3.30. The smallest absolute Gasteiger partial charge is 0.305 e. The highest BCUT2D eigenvalue weighted by Crippen LogP contribution is 2.27.